The standard InChI is InChI=1S/C18H19ClN2OS/c1-12(8-9-13-6-4-3-5-7-13)20-18(22)15-10-16-14(21(15)2)11-17(19)23-16/h3-7,10-12H,8-9H2,1-2H3,(H,20,22). The number of benzene rings is 1. The van der Waals surface area contributed by atoms with E-state index >= 15 is 0 Å². The SMILES string of the molecule is CC(CCc1ccccc1)NC(=O)c1cc2sc(Cl)cc2n1C. The summed E-state index contributed by atoms with van der Waals surface area (Å²) in [4.78, 5) is 12.5. The van der Waals surface area contributed by atoms with E-state index in [2.05, 4.69) is 17.4 Å². The molecular weight excluding hydrogens is 328 g/mol. The van der Waals surface area contributed by atoms with Crippen LogP contribution in [0.1, 0.15) is 29.4 Å². The van der Waals surface area contributed by atoms with E-state index < -0.39 is 0 Å². The molecule has 2 heterocycles. The molecule has 0 saturated carbocycles. The highest BCUT2D eigenvalue weighted by Gasteiger charge is 2.17. The van der Waals surface area contributed by atoms with Crippen LogP contribution in [0.25, 0.3) is 10.2 Å². The highest BCUT2D eigenvalue weighted by atomic mass is 35.5. The maximum absolute atomic E-state index is 12.5. The lowest BCUT2D eigenvalue weighted by molar-refractivity contribution is 0.0930. The summed E-state index contributed by atoms with van der Waals surface area (Å²) in [7, 11) is 1.90. The molecule has 0 radical (unpaired) electrons. The van der Waals surface area contributed by atoms with Gasteiger partial charge in [-0.05, 0) is 37.5 Å². The van der Waals surface area contributed by atoms with Crippen molar-refractivity contribution in [2.75, 3.05) is 0 Å². The van der Waals surface area contributed by atoms with Crippen molar-refractivity contribution in [1.29, 1.82) is 0 Å². The summed E-state index contributed by atoms with van der Waals surface area (Å²) in [5.74, 6) is -0.0346. The van der Waals surface area contributed by atoms with Gasteiger partial charge in [-0.25, -0.2) is 0 Å². The minimum absolute atomic E-state index is 0.0346. The number of fused-ring (bicyclic) bond motifs is 1. The summed E-state index contributed by atoms with van der Waals surface area (Å²) in [6, 6.07) is 14.3. The first-order valence-electron chi connectivity index (χ1n) is 7.64. The zero-order valence-electron chi connectivity index (χ0n) is 13.2. The number of rotatable bonds is 5. The van der Waals surface area contributed by atoms with Crippen LogP contribution in [0.4, 0.5) is 0 Å². The number of nitrogens with one attached hydrogen (secondary N) is 1. The number of hydrogen-bond acceptors (Lipinski definition) is 2. The quantitative estimate of drug-likeness (QED) is 0.717. The zero-order chi connectivity index (χ0) is 16.4. The molecule has 2 aromatic heterocycles. The molecule has 0 spiro atoms. The molecule has 0 aliphatic rings. The van der Waals surface area contributed by atoms with Gasteiger partial charge in [0.1, 0.15) is 5.69 Å². The molecular formula is C18H19ClN2OS. The molecule has 3 nitrogen and oxygen atoms in total. The molecule has 1 amide bonds. The van der Waals surface area contributed by atoms with Crippen LogP contribution in [0.3, 0.4) is 0 Å². The molecule has 3 rings (SSSR count). The Morgan fingerprint density at radius 3 is 2.74 bits per heavy atom. The van der Waals surface area contributed by atoms with Gasteiger partial charge in [0, 0.05) is 13.1 Å². The van der Waals surface area contributed by atoms with Crippen molar-refractivity contribution in [3.63, 3.8) is 0 Å². The third-order valence-electron chi connectivity index (χ3n) is 4.02. The molecule has 23 heavy (non-hydrogen) atoms. The number of aryl methyl sites for hydroxylation is 2. The van der Waals surface area contributed by atoms with Crippen LogP contribution in [-0.2, 0) is 13.5 Å². The van der Waals surface area contributed by atoms with E-state index in [-0.39, 0.29) is 11.9 Å². The summed E-state index contributed by atoms with van der Waals surface area (Å²) in [6.07, 6.45) is 1.88. The van der Waals surface area contributed by atoms with Gasteiger partial charge in [0.05, 0.1) is 14.6 Å². The molecule has 120 valence electrons. The van der Waals surface area contributed by atoms with Gasteiger partial charge in [0.15, 0.2) is 0 Å². The molecule has 0 fully saturated rings. The van der Waals surface area contributed by atoms with Gasteiger partial charge in [-0.15, -0.1) is 11.3 Å². The van der Waals surface area contributed by atoms with E-state index in [1.807, 2.05) is 48.9 Å². The summed E-state index contributed by atoms with van der Waals surface area (Å²) >= 11 is 7.51. The molecule has 1 unspecified atom stereocenters. The second-order valence-corrected chi connectivity index (χ2v) is 7.50. The Bertz CT molecular complexity index is 822. The highest BCUT2D eigenvalue weighted by molar-refractivity contribution is 7.22. The van der Waals surface area contributed by atoms with Crippen molar-refractivity contribution >= 4 is 39.1 Å². The van der Waals surface area contributed by atoms with Gasteiger partial charge >= 0.3 is 0 Å². The van der Waals surface area contributed by atoms with Gasteiger partial charge in [-0.1, -0.05) is 41.9 Å². The fraction of sp³-hybridized carbons (Fsp3) is 0.278. The molecule has 0 saturated heterocycles. The fourth-order valence-electron chi connectivity index (χ4n) is 2.70. The predicted octanol–water partition coefficient (Wildman–Crippen LogP) is 4.64. The summed E-state index contributed by atoms with van der Waals surface area (Å²) < 4.78 is 3.69. The van der Waals surface area contributed by atoms with Crippen molar-refractivity contribution < 1.29 is 4.79 Å². The maximum atomic E-state index is 12.5. The molecule has 0 bridgehead atoms. The normalized spacial score (nSPS) is 12.5. The van der Waals surface area contributed by atoms with Gasteiger partial charge < -0.3 is 9.88 Å². The average molecular weight is 347 g/mol. The summed E-state index contributed by atoms with van der Waals surface area (Å²) in [5.41, 5.74) is 2.97. The van der Waals surface area contributed by atoms with Gasteiger partial charge in [0.2, 0.25) is 0 Å². The molecule has 1 N–H and O–H groups in total. The van der Waals surface area contributed by atoms with E-state index in [0.717, 1.165) is 27.4 Å². The second kappa shape index (κ2) is 6.77. The number of thiophene rings is 1. The van der Waals surface area contributed by atoms with E-state index in [1.165, 1.54) is 16.9 Å². The van der Waals surface area contributed by atoms with Gasteiger partial charge in [-0.3, -0.25) is 4.79 Å². The third kappa shape index (κ3) is 3.59. The lowest BCUT2D eigenvalue weighted by Crippen LogP contribution is -2.34. The maximum Gasteiger partial charge on any atom is 0.268 e. The molecule has 5 heteroatoms. The molecule has 3 aromatic rings. The average Bonchev–Trinajstić information content (AvgIpc) is 3.04. The van der Waals surface area contributed by atoms with Crippen LogP contribution in [0.15, 0.2) is 42.5 Å². The van der Waals surface area contributed by atoms with Crippen LogP contribution in [0.5, 0.6) is 0 Å². The van der Waals surface area contributed by atoms with Crippen LogP contribution in [-0.4, -0.2) is 16.5 Å². The minimum Gasteiger partial charge on any atom is -0.348 e. The number of halogens is 1. The fourth-order valence-corrected chi connectivity index (χ4v) is 3.90. The Labute approximate surface area is 144 Å². The predicted molar refractivity (Wildman–Crippen MR) is 97.5 cm³/mol. The lowest BCUT2D eigenvalue weighted by atomic mass is 10.1. The van der Waals surface area contributed by atoms with Crippen molar-refractivity contribution in [2.24, 2.45) is 7.05 Å². The van der Waals surface area contributed by atoms with Crippen LogP contribution >= 0.6 is 22.9 Å². The minimum atomic E-state index is -0.0346. The van der Waals surface area contributed by atoms with E-state index in [9.17, 15) is 4.79 Å². The van der Waals surface area contributed by atoms with E-state index in [4.69, 9.17) is 11.6 Å². The summed E-state index contributed by atoms with van der Waals surface area (Å²) in [6.45, 7) is 2.04. The van der Waals surface area contributed by atoms with Crippen molar-refractivity contribution in [3.05, 3.63) is 58.1 Å². The summed E-state index contributed by atoms with van der Waals surface area (Å²) in [5, 5.41) is 3.08. The first kappa shape index (κ1) is 16.1. The van der Waals surface area contributed by atoms with E-state index in [0.29, 0.717) is 5.69 Å². The molecule has 0 aliphatic carbocycles. The van der Waals surface area contributed by atoms with Crippen molar-refractivity contribution in [2.45, 2.75) is 25.8 Å². The number of aromatic nitrogens is 1. The van der Waals surface area contributed by atoms with Crippen LogP contribution < -0.4 is 5.32 Å². The number of hydrogen-bond donors (Lipinski definition) is 1. The molecule has 1 aromatic carbocycles. The highest BCUT2D eigenvalue weighted by Crippen LogP contribution is 2.31. The van der Waals surface area contributed by atoms with Crippen LogP contribution in [0.2, 0.25) is 4.34 Å². The smallest absolute Gasteiger partial charge is 0.268 e. The topological polar surface area (TPSA) is 34.0 Å². The van der Waals surface area contributed by atoms with Crippen molar-refractivity contribution in [1.82, 2.24) is 9.88 Å². The van der Waals surface area contributed by atoms with Gasteiger partial charge in [0.25, 0.3) is 5.91 Å². The van der Waals surface area contributed by atoms with Crippen LogP contribution in [0, 0.1) is 0 Å². The largest absolute Gasteiger partial charge is 0.348 e. The first-order chi connectivity index (χ1) is 11.0. The lowest BCUT2D eigenvalue weighted by Gasteiger charge is -2.14. The monoisotopic (exact) mass is 346 g/mol. The number of nitrogens with zero attached hydrogens (tertiary/aromatic N) is 1. The number of carbonyl (C=O) groups excluding carboxylic acids is 1. The molecule has 0 aliphatic heterocycles. The third-order valence-corrected chi connectivity index (χ3v) is 5.22. The van der Waals surface area contributed by atoms with Gasteiger partial charge in [-0.2, -0.15) is 0 Å². The number of amides is 1. The second-order valence-electron chi connectivity index (χ2n) is 5.79. The Morgan fingerprint density at radius 1 is 1.30 bits per heavy atom. The van der Waals surface area contributed by atoms with Crippen molar-refractivity contribution in [3.8, 4) is 0 Å². The Kier molecular flexibility index (Phi) is 4.74. The Hall–Kier alpha value is -1.78. The first-order valence-corrected chi connectivity index (χ1v) is 8.83. The Morgan fingerprint density at radius 2 is 2.04 bits per heavy atom. The Balaban J connectivity index is 1.63. The van der Waals surface area contributed by atoms with E-state index in [1.54, 1.807) is 0 Å². The number of carbonyl (C=O) groups is 1. The zero-order valence-corrected chi connectivity index (χ0v) is 14.7. The molecule has 1 atom stereocenters.